The molecule has 0 aliphatic carbocycles. The molecule has 0 amide bonds. The first-order valence-corrected chi connectivity index (χ1v) is 5.84. The third-order valence-corrected chi connectivity index (χ3v) is 3.37. The number of hydrogen-bond acceptors (Lipinski definition) is 2. The Labute approximate surface area is 92.3 Å². The van der Waals surface area contributed by atoms with Gasteiger partial charge in [-0.25, -0.2) is 0 Å². The van der Waals surface area contributed by atoms with Crippen LogP contribution in [0.4, 0.5) is 0 Å². The van der Waals surface area contributed by atoms with Crippen molar-refractivity contribution in [1.29, 1.82) is 0 Å². The second kappa shape index (κ2) is 4.77. The number of nitrogens with one attached hydrogen (secondary N) is 1. The number of nitrogens with zero attached hydrogens (tertiary/aromatic N) is 1. The molecule has 1 aliphatic rings. The Bertz CT molecular complexity index is 293. The zero-order valence-corrected chi connectivity index (χ0v) is 9.61. The highest BCUT2D eigenvalue weighted by molar-refractivity contribution is 5.18. The van der Waals surface area contributed by atoms with Crippen LogP contribution in [-0.4, -0.2) is 30.6 Å². The largest absolute Gasteiger partial charge is 0.314 e. The lowest BCUT2D eigenvalue weighted by molar-refractivity contribution is 0.110. The van der Waals surface area contributed by atoms with Crippen molar-refractivity contribution in [3.05, 3.63) is 35.9 Å². The third kappa shape index (κ3) is 2.21. The molecule has 0 radical (unpaired) electrons. The fourth-order valence-corrected chi connectivity index (χ4v) is 2.28. The summed E-state index contributed by atoms with van der Waals surface area (Å²) in [6.45, 7) is 7.97. The normalized spacial score (nSPS) is 18.9. The predicted octanol–water partition coefficient (Wildman–Crippen LogP) is 2.04. The molecule has 1 fully saturated rings. The van der Waals surface area contributed by atoms with Gasteiger partial charge in [0.2, 0.25) is 0 Å². The molecule has 0 bridgehead atoms. The van der Waals surface area contributed by atoms with Crippen LogP contribution in [0, 0.1) is 0 Å². The third-order valence-electron chi connectivity index (χ3n) is 3.37. The van der Waals surface area contributed by atoms with Crippen LogP contribution in [0.5, 0.6) is 0 Å². The lowest BCUT2D eigenvalue weighted by atomic mass is 10.0. The zero-order chi connectivity index (χ0) is 10.7. The van der Waals surface area contributed by atoms with E-state index in [9.17, 15) is 0 Å². The molecule has 1 saturated heterocycles. The van der Waals surface area contributed by atoms with Crippen LogP contribution in [0.25, 0.3) is 0 Å². The maximum atomic E-state index is 3.34. The standard InChI is InChI=1S/C13H20N2/c1-3-15(13-9-14-10-13)11(2)12-7-5-4-6-8-12/h4-8,11,13-14H,3,9-10H2,1-2H3. The van der Waals surface area contributed by atoms with Crippen LogP contribution in [0.2, 0.25) is 0 Å². The molecule has 0 spiro atoms. The van der Waals surface area contributed by atoms with Gasteiger partial charge in [-0.1, -0.05) is 37.3 Å². The second-order valence-corrected chi connectivity index (χ2v) is 4.23. The molecule has 1 unspecified atom stereocenters. The monoisotopic (exact) mass is 204 g/mol. The SMILES string of the molecule is CCN(C1CNC1)C(C)c1ccccc1. The summed E-state index contributed by atoms with van der Waals surface area (Å²) >= 11 is 0. The molecule has 1 aliphatic heterocycles. The summed E-state index contributed by atoms with van der Waals surface area (Å²) < 4.78 is 0. The summed E-state index contributed by atoms with van der Waals surface area (Å²) in [4.78, 5) is 2.58. The Morgan fingerprint density at radius 1 is 1.33 bits per heavy atom. The molecule has 1 aromatic carbocycles. The Hall–Kier alpha value is -0.860. The minimum atomic E-state index is 0.531. The summed E-state index contributed by atoms with van der Waals surface area (Å²) in [6, 6.07) is 12.0. The van der Waals surface area contributed by atoms with Crippen molar-refractivity contribution < 1.29 is 0 Å². The molecule has 82 valence electrons. The van der Waals surface area contributed by atoms with Crippen molar-refractivity contribution in [3.8, 4) is 0 Å². The maximum Gasteiger partial charge on any atom is 0.0351 e. The number of likely N-dealkylation sites (N-methyl/N-ethyl adjacent to an activating group) is 1. The quantitative estimate of drug-likeness (QED) is 0.807. The Morgan fingerprint density at radius 3 is 2.47 bits per heavy atom. The average molecular weight is 204 g/mol. The summed E-state index contributed by atoms with van der Waals surface area (Å²) in [5, 5.41) is 3.34. The van der Waals surface area contributed by atoms with Gasteiger partial charge in [-0.05, 0) is 19.0 Å². The van der Waals surface area contributed by atoms with Crippen LogP contribution in [0.3, 0.4) is 0 Å². The first kappa shape index (κ1) is 10.7. The first-order valence-electron chi connectivity index (χ1n) is 5.84. The number of rotatable bonds is 4. The van der Waals surface area contributed by atoms with Crippen LogP contribution in [0.15, 0.2) is 30.3 Å². The van der Waals surface area contributed by atoms with Gasteiger partial charge in [0.15, 0.2) is 0 Å². The van der Waals surface area contributed by atoms with Crippen LogP contribution >= 0.6 is 0 Å². The molecule has 1 heterocycles. The van der Waals surface area contributed by atoms with Crippen molar-refractivity contribution in [2.45, 2.75) is 25.9 Å². The summed E-state index contributed by atoms with van der Waals surface area (Å²) in [6.07, 6.45) is 0. The Morgan fingerprint density at radius 2 is 2.00 bits per heavy atom. The van der Waals surface area contributed by atoms with Gasteiger partial charge in [-0.15, -0.1) is 0 Å². The predicted molar refractivity (Wildman–Crippen MR) is 63.9 cm³/mol. The molecule has 2 nitrogen and oxygen atoms in total. The van der Waals surface area contributed by atoms with Gasteiger partial charge in [0.1, 0.15) is 0 Å². The number of benzene rings is 1. The van der Waals surface area contributed by atoms with E-state index in [1.807, 2.05) is 0 Å². The van der Waals surface area contributed by atoms with E-state index in [1.165, 1.54) is 5.56 Å². The van der Waals surface area contributed by atoms with E-state index in [-0.39, 0.29) is 0 Å². The minimum Gasteiger partial charge on any atom is -0.314 e. The van der Waals surface area contributed by atoms with Crippen molar-refractivity contribution in [2.75, 3.05) is 19.6 Å². The van der Waals surface area contributed by atoms with Crippen LogP contribution in [0.1, 0.15) is 25.5 Å². The minimum absolute atomic E-state index is 0.531. The second-order valence-electron chi connectivity index (χ2n) is 4.23. The zero-order valence-electron chi connectivity index (χ0n) is 9.61. The fraction of sp³-hybridized carbons (Fsp3) is 0.538. The molecule has 0 aromatic heterocycles. The molecule has 0 saturated carbocycles. The molecule has 2 rings (SSSR count). The van der Waals surface area contributed by atoms with Crippen molar-refractivity contribution in [3.63, 3.8) is 0 Å². The highest BCUT2D eigenvalue weighted by Gasteiger charge is 2.27. The van der Waals surface area contributed by atoms with E-state index in [2.05, 4.69) is 54.4 Å². The van der Waals surface area contributed by atoms with E-state index in [4.69, 9.17) is 0 Å². The van der Waals surface area contributed by atoms with E-state index in [0.717, 1.165) is 25.7 Å². The first-order chi connectivity index (χ1) is 7.33. The summed E-state index contributed by atoms with van der Waals surface area (Å²) in [5.41, 5.74) is 1.42. The van der Waals surface area contributed by atoms with E-state index >= 15 is 0 Å². The highest BCUT2D eigenvalue weighted by atomic mass is 15.2. The highest BCUT2D eigenvalue weighted by Crippen LogP contribution is 2.23. The molecule has 1 aromatic rings. The van der Waals surface area contributed by atoms with Crippen molar-refractivity contribution in [1.82, 2.24) is 10.2 Å². The molecular weight excluding hydrogens is 184 g/mol. The molecular formula is C13H20N2. The molecule has 15 heavy (non-hydrogen) atoms. The summed E-state index contributed by atoms with van der Waals surface area (Å²) in [5.74, 6) is 0. The lowest BCUT2D eigenvalue weighted by Crippen LogP contribution is -2.57. The van der Waals surface area contributed by atoms with Gasteiger partial charge < -0.3 is 5.32 Å². The van der Waals surface area contributed by atoms with E-state index in [0.29, 0.717) is 6.04 Å². The lowest BCUT2D eigenvalue weighted by Gasteiger charge is -2.41. The van der Waals surface area contributed by atoms with Gasteiger partial charge in [-0.3, -0.25) is 4.90 Å². The van der Waals surface area contributed by atoms with Crippen LogP contribution < -0.4 is 5.32 Å². The van der Waals surface area contributed by atoms with Crippen molar-refractivity contribution >= 4 is 0 Å². The molecule has 2 heteroatoms. The van der Waals surface area contributed by atoms with Crippen molar-refractivity contribution in [2.24, 2.45) is 0 Å². The Balaban J connectivity index is 2.07. The van der Waals surface area contributed by atoms with Gasteiger partial charge in [0.25, 0.3) is 0 Å². The fourth-order valence-electron chi connectivity index (χ4n) is 2.28. The topological polar surface area (TPSA) is 15.3 Å². The maximum absolute atomic E-state index is 3.34. The summed E-state index contributed by atoms with van der Waals surface area (Å²) in [7, 11) is 0. The van der Waals surface area contributed by atoms with Gasteiger partial charge in [0, 0.05) is 25.2 Å². The van der Waals surface area contributed by atoms with Gasteiger partial charge >= 0.3 is 0 Å². The molecule has 1 N–H and O–H groups in total. The smallest absolute Gasteiger partial charge is 0.0351 e. The van der Waals surface area contributed by atoms with E-state index < -0.39 is 0 Å². The Kier molecular flexibility index (Phi) is 3.39. The molecule has 1 atom stereocenters. The number of hydrogen-bond donors (Lipinski definition) is 1. The van der Waals surface area contributed by atoms with E-state index in [1.54, 1.807) is 0 Å². The average Bonchev–Trinajstić information content (AvgIpc) is 2.23. The van der Waals surface area contributed by atoms with Gasteiger partial charge in [0.05, 0.1) is 0 Å². The van der Waals surface area contributed by atoms with Crippen LogP contribution in [-0.2, 0) is 0 Å². The van der Waals surface area contributed by atoms with Gasteiger partial charge in [-0.2, -0.15) is 0 Å².